The molecule has 2 aliphatic rings. The van der Waals surface area contributed by atoms with Crippen molar-refractivity contribution in [2.24, 2.45) is 5.92 Å². The number of hydrogen-bond donors (Lipinski definition) is 0. The van der Waals surface area contributed by atoms with Crippen LogP contribution in [0, 0.1) is 5.92 Å². The van der Waals surface area contributed by atoms with E-state index in [4.69, 9.17) is 0 Å². The Hall–Kier alpha value is -0.0400. The molecule has 0 aromatic heterocycles. The molecule has 1 unspecified atom stereocenters. The second-order valence-corrected chi connectivity index (χ2v) is 4.89. The molecule has 1 heteroatoms. The van der Waals surface area contributed by atoms with Gasteiger partial charge >= 0.3 is 0 Å². The zero-order valence-electron chi connectivity index (χ0n) is 8.42. The molecule has 1 saturated heterocycles. The highest BCUT2D eigenvalue weighted by Gasteiger charge is 2.36. The standard InChI is InChI=1S/C11H21N/c1-9(2)8-11-4-3-7-12(11)10-5-6-10/h9-11H,3-8H2,1-2H3. The summed E-state index contributed by atoms with van der Waals surface area (Å²) in [7, 11) is 0. The van der Waals surface area contributed by atoms with Crippen LogP contribution in [0.15, 0.2) is 0 Å². The molecular weight excluding hydrogens is 146 g/mol. The maximum absolute atomic E-state index is 2.78. The first-order valence-corrected chi connectivity index (χ1v) is 5.53. The number of nitrogens with zero attached hydrogens (tertiary/aromatic N) is 1. The first-order chi connectivity index (χ1) is 5.77. The van der Waals surface area contributed by atoms with Gasteiger partial charge in [0, 0.05) is 12.1 Å². The largest absolute Gasteiger partial charge is 0.297 e. The van der Waals surface area contributed by atoms with Crippen molar-refractivity contribution in [3.05, 3.63) is 0 Å². The van der Waals surface area contributed by atoms with E-state index in [0.717, 1.165) is 18.0 Å². The number of hydrogen-bond acceptors (Lipinski definition) is 1. The van der Waals surface area contributed by atoms with Gasteiger partial charge in [-0.1, -0.05) is 13.8 Å². The third-order valence-electron chi connectivity index (χ3n) is 3.18. The lowest BCUT2D eigenvalue weighted by Crippen LogP contribution is -2.32. The van der Waals surface area contributed by atoms with Gasteiger partial charge in [-0.2, -0.15) is 0 Å². The van der Waals surface area contributed by atoms with E-state index in [-0.39, 0.29) is 0 Å². The van der Waals surface area contributed by atoms with E-state index in [9.17, 15) is 0 Å². The molecule has 0 amide bonds. The summed E-state index contributed by atoms with van der Waals surface area (Å²) >= 11 is 0. The molecule has 0 aromatic carbocycles. The summed E-state index contributed by atoms with van der Waals surface area (Å²) in [4.78, 5) is 2.78. The van der Waals surface area contributed by atoms with Gasteiger partial charge in [-0.25, -0.2) is 0 Å². The van der Waals surface area contributed by atoms with Gasteiger partial charge in [-0.05, 0) is 44.6 Å². The van der Waals surface area contributed by atoms with E-state index in [1.54, 1.807) is 0 Å². The van der Waals surface area contributed by atoms with Gasteiger partial charge in [-0.3, -0.25) is 4.90 Å². The van der Waals surface area contributed by atoms with Crippen molar-refractivity contribution < 1.29 is 0 Å². The Bertz CT molecular complexity index is 149. The van der Waals surface area contributed by atoms with Crippen LogP contribution in [0.1, 0.15) is 46.0 Å². The first-order valence-electron chi connectivity index (χ1n) is 5.53. The average molecular weight is 167 g/mol. The summed E-state index contributed by atoms with van der Waals surface area (Å²) in [5.41, 5.74) is 0. The fourth-order valence-electron chi connectivity index (χ4n) is 2.54. The van der Waals surface area contributed by atoms with E-state index >= 15 is 0 Å². The quantitative estimate of drug-likeness (QED) is 0.624. The Kier molecular flexibility index (Phi) is 2.40. The predicted molar refractivity (Wildman–Crippen MR) is 52.2 cm³/mol. The maximum atomic E-state index is 2.78. The lowest BCUT2D eigenvalue weighted by Gasteiger charge is -2.25. The maximum Gasteiger partial charge on any atom is 0.0101 e. The minimum Gasteiger partial charge on any atom is -0.297 e. The highest BCUT2D eigenvalue weighted by atomic mass is 15.2. The van der Waals surface area contributed by atoms with Gasteiger partial charge < -0.3 is 0 Å². The summed E-state index contributed by atoms with van der Waals surface area (Å²) in [5, 5.41) is 0. The van der Waals surface area contributed by atoms with Crippen molar-refractivity contribution in [3.8, 4) is 0 Å². The summed E-state index contributed by atoms with van der Waals surface area (Å²) in [5.74, 6) is 0.884. The van der Waals surface area contributed by atoms with Crippen molar-refractivity contribution in [2.75, 3.05) is 6.54 Å². The third kappa shape index (κ3) is 1.82. The zero-order chi connectivity index (χ0) is 8.55. The van der Waals surface area contributed by atoms with Crippen molar-refractivity contribution >= 4 is 0 Å². The van der Waals surface area contributed by atoms with Gasteiger partial charge in [0.2, 0.25) is 0 Å². The molecule has 1 heterocycles. The number of likely N-dealkylation sites (tertiary alicyclic amines) is 1. The van der Waals surface area contributed by atoms with Crippen LogP contribution in [0.5, 0.6) is 0 Å². The fraction of sp³-hybridized carbons (Fsp3) is 1.00. The Morgan fingerprint density at radius 1 is 1.25 bits per heavy atom. The van der Waals surface area contributed by atoms with Crippen molar-refractivity contribution in [2.45, 2.75) is 58.0 Å². The monoisotopic (exact) mass is 167 g/mol. The Morgan fingerprint density at radius 3 is 2.58 bits per heavy atom. The topological polar surface area (TPSA) is 3.24 Å². The van der Waals surface area contributed by atoms with Gasteiger partial charge in [0.05, 0.1) is 0 Å². The summed E-state index contributed by atoms with van der Waals surface area (Å²) in [6, 6.07) is 1.94. The molecule has 1 aliphatic carbocycles. The van der Waals surface area contributed by atoms with Crippen molar-refractivity contribution in [3.63, 3.8) is 0 Å². The van der Waals surface area contributed by atoms with Crippen LogP contribution in [-0.2, 0) is 0 Å². The van der Waals surface area contributed by atoms with E-state index in [1.807, 2.05) is 0 Å². The van der Waals surface area contributed by atoms with Crippen LogP contribution in [0.25, 0.3) is 0 Å². The molecule has 1 nitrogen and oxygen atoms in total. The minimum absolute atomic E-state index is 0.884. The molecule has 0 spiro atoms. The SMILES string of the molecule is CC(C)CC1CCCN1C1CC1. The molecule has 2 fully saturated rings. The molecule has 1 atom stereocenters. The van der Waals surface area contributed by atoms with E-state index in [1.165, 1.54) is 38.6 Å². The molecule has 0 aromatic rings. The van der Waals surface area contributed by atoms with Crippen LogP contribution < -0.4 is 0 Å². The lowest BCUT2D eigenvalue weighted by atomic mass is 10.0. The summed E-state index contributed by atoms with van der Waals surface area (Å²) in [6.07, 6.45) is 7.31. The number of rotatable bonds is 3. The van der Waals surface area contributed by atoms with Crippen molar-refractivity contribution in [1.29, 1.82) is 0 Å². The molecule has 0 bridgehead atoms. The highest BCUT2D eigenvalue weighted by Crippen LogP contribution is 2.35. The van der Waals surface area contributed by atoms with Gasteiger partial charge in [0.15, 0.2) is 0 Å². The molecular formula is C11H21N. The first kappa shape index (κ1) is 8.55. The lowest BCUT2D eigenvalue weighted by molar-refractivity contribution is 0.217. The second-order valence-electron chi connectivity index (χ2n) is 4.89. The van der Waals surface area contributed by atoms with Crippen LogP contribution in [0.3, 0.4) is 0 Å². The van der Waals surface area contributed by atoms with E-state index < -0.39 is 0 Å². The fourth-order valence-corrected chi connectivity index (χ4v) is 2.54. The van der Waals surface area contributed by atoms with Gasteiger partial charge in [0.25, 0.3) is 0 Å². The van der Waals surface area contributed by atoms with Crippen LogP contribution in [0.4, 0.5) is 0 Å². The van der Waals surface area contributed by atoms with Crippen LogP contribution in [-0.4, -0.2) is 23.5 Å². The predicted octanol–water partition coefficient (Wildman–Crippen LogP) is 2.66. The second kappa shape index (κ2) is 3.37. The van der Waals surface area contributed by atoms with Crippen LogP contribution in [0.2, 0.25) is 0 Å². The molecule has 70 valence electrons. The van der Waals surface area contributed by atoms with Crippen molar-refractivity contribution in [1.82, 2.24) is 4.90 Å². The Labute approximate surface area is 76.1 Å². The summed E-state index contributed by atoms with van der Waals surface area (Å²) in [6.45, 7) is 6.09. The van der Waals surface area contributed by atoms with Crippen LogP contribution >= 0.6 is 0 Å². The normalized spacial score (nSPS) is 31.8. The smallest absolute Gasteiger partial charge is 0.0101 e. The Morgan fingerprint density at radius 2 is 2.00 bits per heavy atom. The highest BCUT2D eigenvalue weighted by molar-refractivity contribution is 4.92. The summed E-state index contributed by atoms with van der Waals surface area (Å²) < 4.78 is 0. The zero-order valence-corrected chi connectivity index (χ0v) is 8.42. The molecule has 1 saturated carbocycles. The van der Waals surface area contributed by atoms with E-state index in [0.29, 0.717) is 0 Å². The molecule has 0 radical (unpaired) electrons. The van der Waals surface area contributed by atoms with E-state index in [2.05, 4.69) is 18.7 Å². The molecule has 12 heavy (non-hydrogen) atoms. The minimum atomic E-state index is 0.884. The molecule has 2 rings (SSSR count). The molecule has 1 aliphatic heterocycles. The Balaban J connectivity index is 1.85. The van der Waals surface area contributed by atoms with Gasteiger partial charge in [-0.15, -0.1) is 0 Å². The van der Waals surface area contributed by atoms with Gasteiger partial charge in [0.1, 0.15) is 0 Å². The third-order valence-corrected chi connectivity index (χ3v) is 3.18. The molecule has 0 N–H and O–H groups in total. The average Bonchev–Trinajstić information content (AvgIpc) is 2.73.